The van der Waals surface area contributed by atoms with Gasteiger partial charge in [0.25, 0.3) is 0 Å². The van der Waals surface area contributed by atoms with Crippen LogP contribution in [0.3, 0.4) is 0 Å². The van der Waals surface area contributed by atoms with Gasteiger partial charge in [-0.1, -0.05) is 0 Å². The van der Waals surface area contributed by atoms with E-state index < -0.39 is 39.3 Å². The van der Waals surface area contributed by atoms with Crippen LogP contribution in [0.2, 0.25) is 0 Å². The molecule has 1 aliphatic rings. The minimum atomic E-state index is -4.61. The van der Waals surface area contributed by atoms with E-state index in [-0.39, 0.29) is 12.5 Å². The highest BCUT2D eigenvalue weighted by atomic mass is 32.2. The zero-order valence-corrected chi connectivity index (χ0v) is 11.6. The monoisotopic (exact) mass is 326 g/mol. The lowest BCUT2D eigenvalue weighted by atomic mass is 10.4. The Balaban J connectivity index is 2.27. The Morgan fingerprint density at radius 2 is 2.05 bits per heavy atom. The lowest BCUT2D eigenvalue weighted by Gasteiger charge is -2.11. The maximum Gasteiger partial charge on any atom is 0.406 e. The van der Waals surface area contributed by atoms with E-state index in [1.54, 1.807) is 0 Å². The highest BCUT2D eigenvalue weighted by Crippen LogP contribution is 2.29. The second kappa shape index (κ2) is 5.34. The smallest absolute Gasteiger partial charge is 0.406 e. The van der Waals surface area contributed by atoms with Gasteiger partial charge in [0.05, 0.1) is 6.61 Å². The van der Waals surface area contributed by atoms with Gasteiger partial charge in [0.1, 0.15) is 17.1 Å². The van der Waals surface area contributed by atoms with Gasteiger partial charge in [-0.3, -0.25) is 0 Å². The van der Waals surface area contributed by atoms with Crippen molar-refractivity contribution in [1.82, 2.24) is 4.57 Å². The van der Waals surface area contributed by atoms with Gasteiger partial charge in [-0.15, -0.1) is 0 Å². The van der Waals surface area contributed by atoms with Crippen LogP contribution in [-0.4, -0.2) is 31.7 Å². The van der Waals surface area contributed by atoms with Crippen LogP contribution in [0.4, 0.5) is 13.2 Å². The predicted molar refractivity (Wildman–Crippen MR) is 64.9 cm³/mol. The number of carbonyl (C=O) groups is 1. The number of esters is 1. The predicted octanol–water partition coefficient (Wildman–Crippen LogP) is 1.26. The van der Waals surface area contributed by atoms with Crippen LogP contribution in [0.5, 0.6) is 0 Å². The van der Waals surface area contributed by atoms with Crippen LogP contribution in [0, 0.1) is 5.92 Å². The molecule has 0 aliphatic heterocycles. The molecule has 0 atom stereocenters. The number of ether oxygens (including phenoxy) is 1. The van der Waals surface area contributed by atoms with Crippen LogP contribution in [0.25, 0.3) is 0 Å². The Hall–Kier alpha value is -1.55. The molecule has 0 aromatic carbocycles. The number of primary sulfonamides is 1. The molecule has 1 fully saturated rings. The first-order valence-electron chi connectivity index (χ1n) is 6.03. The van der Waals surface area contributed by atoms with Crippen LogP contribution < -0.4 is 5.14 Å². The molecule has 118 valence electrons. The second-order valence-electron chi connectivity index (χ2n) is 4.89. The number of hydrogen-bond donors (Lipinski definition) is 1. The van der Waals surface area contributed by atoms with Crippen LogP contribution in [0.1, 0.15) is 23.3 Å². The molecule has 6 nitrogen and oxygen atoms in total. The highest BCUT2D eigenvalue weighted by molar-refractivity contribution is 7.89. The zero-order chi connectivity index (χ0) is 15.8. The minimum absolute atomic E-state index is 0.112. The quantitative estimate of drug-likeness (QED) is 0.825. The molecule has 1 aromatic heterocycles. The summed E-state index contributed by atoms with van der Waals surface area (Å²) in [5.41, 5.74) is -0.489. The van der Waals surface area contributed by atoms with Crippen molar-refractivity contribution in [1.29, 1.82) is 0 Å². The van der Waals surface area contributed by atoms with Crippen LogP contribution in [0.15, 0.2) is 17.2 Å². The topological polar surface area (TPSA) is 91.4 Å². The first kappa shape index (κ1) is 15.8. The van der Waals surface area contributed by atoms with Crippen LogP contribution >= 0.6 is 0 Å². The standard InChI is InChI=1S/C11H13F3N2O4S/c12-11(13,14)6-16-4-8(21(15,18)19)3-9(16)10(17)20-5-7-1-2-7/h3-4,7H,1-2,5-6H2,(H2,15,18,19). The largest absolute Gasteiger partial charge is 0.461 e. The third-order valence-electron chi connectivity index (χ3n) is 2.91. The van der Waals surface area contributed by atoms with E-state index >= 15 is 0 Å². The van der Waals surface area contributed by atoms with Crippen molar-refractivity contribution in [2.24, 2.45) is 11.1 Å². The van der Waals surface area contributed by atoms with Crippen molar-refractivity contribution in [2.45, 2.75) is 30.5 Å². The lowest BCUT2D eigenvalue weighted by Crippen LogP contribution is -2.21. The number of sulfonamides is 1. The van der Waals surface area contributed by atoms with E-state index in [0.717, 1.165) is 18.9 Å². The Bertz CT molecular complexity index is 647. The van der Waals surface area contributed by atoms with E-state index in [1.807, 2.05) is 0 Å². The molecule has 0 bridgehead atoms. The zero-order valence-electron chi connectivity index (χ0n) is 10.8. The number of rotatable bonds is 5. The Morgan fingerprint density at radius 3 is 2.52 bits per heavy atom. The van der Waals surface area contributed by atoms with E-state index in [2.05, 4.69) is 0 Å². The Morgan fingerprint density at radius 1 is 1.43 bits per heavy atom. The molecular weight excluding hydrogens is 313 g/mol. The van der Waals surface area contributed by atoms with E-state index in [0.29, 0.717) is 10.8 Å². The average Bonchev–Trinajstić information content (AvgIpc) is 3.03. The van der Waals surface area contributed by atoms with Gasteiger partial charge in [0.2, 0.25) is 10.0 Å². The molecule has 0 unspecified atom stereocenters. The molecule has 0 spiro atoms. The maximum absolute atomic E-state index is 12.5. The van der Waals surface area contributed by atoms with Gasteiger partial charge in [-0.25, -0.2) is 18.4 Å². The number of hydrogen-bond acceptors (Lipinski definition) is 4. The van der Waals surface area contributed by atoms with Crippen LogP contribution in [-0.2, 0) is 21.3 Å². The molecule has 0 amide bonds. The summed E-state index contributed by atoms with van der Waals surface area (Å²) in [6, 6.07) is 0.788. The number of carbonyl (C=O) groups excluding carboxylic acids is 1. The summed E-state index contributed by atoms with van der Waals surface area (Å²) in [6.45, 7) is -1.39. The summed E-state index contributed by atoms with van der Waals surface area (Å²) in [5, 5.41) is 4.86. The molecule has 10 heteroatoms. The third kappa shape index (κ3) is 4.46. The number of halogens is 3. The first-order chi connectivity index (χ1) is 9.56. The summed E-state index contributed by atoms with van der Waals surface area (Å²) in [7, 11) is -4.21. The van der Waals surface area contributed by atoms with Gasteiger partial charge < -0.3 is 9.30 Å². The molecule has 1 saturated carbocycles. The average molecular weight is 326 g/mol. The molecule has 2 rings (SSSR count). The van der Waals surface area contributed by atoms with Crippen molar-refractivity contribution in [3.8, 4) is 0 Å². The normalized spacial score (nSPS) is 16.0. The SMILES string of the molecule is NS(=O)(=O)c1cc(C(=O)OCC2CC2)n(CC(F)(F)F)c1. The fourth-order valence-electron chi connectivity index (χ4n) is 1.69. The number of nitrogens with zero attached hydrogens (tertiary/aromatic N) is 1. The van der Waals surface area contributed by atoms with Gasteiger partial charge >= 0.3 is 12.1 Å². The molecule has 0 radical (unpaired) electrons. The summed E-state index contributed by atoms with van der Waals surface area (Å²) < 4.78 is 65.1. The lowest BCUT2D eigenvalue weighted by molar-refractivity contribution is -0.140. The molecular formula is C11H13F3N2O4S. The van der Waals surface area contributed by atoms with Gasteiger partial charge in [0.15, 0.2) is 0 Å². The van der Waals surface area contributed by atoms with Crippen molar-refractivity contribution >= 4 is 16.0 Å². The first-order valence-corrected chi connectivity index (χ1v) is 7.58. The van der Waals surface area contributed by atoms with E-state index in [4.69, 9.17) is 9.88 Å². The number of nitrogens with two attached hydrogens (primary N) is 1. The fraction of sp³-hybridized carbons (Fsp3) is 0.545. The summed E-state index contributed by atoms with van der Waals surface area (Å²) in [6.07, 6.45) is -2.13. The summed E-state index contributed by atoms with van der Waals surface area (Å²) in [5.74, 6) is -0.765. The molecule has 21 heavy (non-hydrogen) atoms. The van der Waals surface area contributed by atoms with Gasteiger partial charge in [0, 0.05) is 6.20 Å². The molecule has 1 heterocycles. The van der Waals surface area contributed by atoms with Gasteiger partial charge in [-0.05, 0) is 24.8 Å². The van der Waals surface area contributed by atoms with Crippen molar-refractivity contribution in [3.05, 3.63) is 18.0 Å². The number of alkyl halides is 3. The second-order valence-corrected chi connectivity index (χ2v) is 6.45. The van der Waals surface area contributed by atoms with Crippen molar-refractivity contribution in [3.63, 3.8) is 0 Å². The van der Waals surface area contributed by atoms with Crippen molar-refractivity contribution in [2.75, 3.05) is 6.61 Å². The van der Waals surface area contributed by atoms with E-state index in [9.17, 15) is 26.4 Å². The van der Waals surface area contributed by atoms with E-state index in [1.165, 1.54) is 0 Å². The van der Waals surface area contributed by atoms with Gasteiger partial charge in [-0.2, -0.15) is 13.2 Å². The molecule has 1 aromatic rings. The molecule has 0 saturated heterocycles. The Labute approximate surface area is 118 Å². The third-order valence-corrected chi connectivity index (χ3v) is 3.79. The molecule has 2 N–H and O–H groups in total. The Kier molecular flexibility index (Phi) is 4.02. The summed E-state index contributed by atoms with van der Waals surface area (Å²) in [4.78, 5) is 11.2. The highest BCUT2D eigenvalue weighted by Gasteiger charge is 2.32. The van der Waals surface area contributed by atoms with Crippen molar-refractivity contribution < 1.29 is 31.1 Å². The fourth-order valence-corrected chi connectivity index (χ4v) is 2.24. The maximum atomic E-state index is 12.5. The summed E-state index contributed by atoms with van der Waals surface area (Å²) >= 11 is 0. The minimum Gasteiger partial charge on any atom is -0.461 e. The molecule has 1 aliphatic carbocycles. The number of aromatic nitrogens is 1.